The van der Waals surface area contributed by atoms with Crippen molar-refractivity contribution in [2.24, 2.45) is 0 Å². The summed E-state index contributed by atoms with van der Waals surface area (Å²) in [6.45, 7) is 6.34. The van der Waals surface area contributed by atoms with Gasteiger partial charge in [0.05, 0.1) is 18.8 Å². The molecule has 1 fully saturated rings. The smallest absolute Gasteiger partial charge is 0.162 e. The third-order valence-corrected chi connectivity index (χ3v) is 3.18. The molecule has 3 nitrogen and oxygen atoms in total. The van der Waals surface area contributed by atoms with Crippen LogP contribution >= 0.6 is 0 Å². The fourth-order valence-electron chi connectivity index (χ4n) is 2.48. The molecule has 1 aromatic rings. The molecule has 1 aliphatic heterocycles. The van der Waals surface area contributed by atoms with Crippen LogP contribution < -0.4 is 4.74 Å². The van der Waals surface area contributed by atoms with Crippen LogP contribution in [0, 0.1) is 0 Å². The quantitative estimate of drug-likeness (QED) is 0.824. The van der Waals surface area contributed by atoms with Crippen molar-refractivity contribution in [1.82, 2.24) is 0 Å². The Bertz CT molecular complexity index is 383. The Kier molecular flexibility index (Phi) is 3.93. The highest BCUT2D eigenvalue weighted by molar-refractivity contribution is 5.27. The van der Waals surface area contributed by atoms with Gasteiger partial charge in [0.1, 0.15) is 5.75 Å². The van der Waals surface area contributed by atoms with E-state index in [9.17, 15) is 0 Å². The Morgan fingerprint density at radius 3 is 2.50 bits per heavy atom. The SMILES string of the molecule is COc1ccc(CC2OC(C)CC(C)(C)O2)cc1. The second-order valence-electron chi connectivity index (χ2n) is 5.51. The lowest BCUT2D eigenvalue weighted by Gasteiger charge is -2.39. The van der Waals surface area contributed by atoms with Crippen molar-refractivity contribution < 1.29 is 14.2 Å². The molecule has 0 aromatic heterocycles. The van der Waals surface area contributed by atoms with Crippen molar-refractivity contribution in [2.75, 3.05) is 7.11 Å². The van der Waals surface area contributed by atoms with Gasteiger partial charge >= 0.3 is 0 Å². The van der Waals surface area contributed by atoms with Crippen LogP contribution in [-0.4, -0.2) is 25.1 Å². The summed E-state index contributed by atoms with van der Waals surface area (Å²) in [5, 5.41) is 0. The number of methoxy groups -OCH3 is 1. The molecule has 1 aromatic carbocycles. The molecular weight excluding hydrogens is 228 g/mol. The number of hydrogen-bond acceptors (Lipinski definition) is 3. The van der Waals surface area contributed by atoms with Gasteiger partial charge < -0.3 is 14.2 Å². The molecule has 3 heteroatoms. The van der Waals surface area contributed by atoms with E-state index < -0.39 is 0 Å². The molecule has 0 bridgehead atoms. The molecule has 0 saturated carbocycles. The van der Waals surface area contributed by atoms with E-state index in [1.165, 1.54) is 5.56 Å². The molecule has 1 aliphatic rings. The third-order valence-electron chi connectivity index (χ3n) is 3.18. The van der Waals surface area contributed by atoms with Crippen LogP contribution in [0.1, 0.15) is 32.8 Å². The highest BCUT2D eigenvalue weighted by Crippen LogP contribution is 2.29. The Hall–Kier alpha value is -1.06. The third kappa shape index (κ3) is 3.47. The Morgan fingerprint density at radius 2 is 1.94 bits per heavy atom. The molecule has 0 N–H and O–H groups in total. The van der Waals surface area contributed by atoms with E-state index in [1.807, 2.05) is 12.1 Å². The van der Waals surface area contributed by atoms with Gasteiger partial charge in [-0.25, -0.2) is 0 Å². The molecular formula is C15H22O3. The van der Waals surface area contributed by atoms with Crippen molar-refractivity contribution in [3.63, 3.8) is 0 Å². The molecule has 0 aliphatic carbocycles. The van der Waals surface area contributed by atoms with Crippen LogP contribution in [0.2, 0.25) is 0 Å². The Labute approximate surface area is 109 Å². The maximum absolute atomic E-state index is 5.95. The molecule has 18 heavy (non-hydrogen) atoms. The van der Waals surface area contributed by atoms with Gasteiger partial charge in [0.2, 0.25) is 0 Å². The summed E-state index contributed by atoms with van der Waals surface area (Å²) < 4.78 is 16.9. The van der Waals surface area contributed by atoms with Crippen molar-refractivity contribution in [3.8, 4) is 5.75 Å². The predicted molar refractivity (Wildman–Crippen MR) is 70.8 cm³/mol. The van der Waals surface area contributed by atoms with Crippen molar-refractivity contribution in [2.45, 2.75) is 51.6 Å². The molecule has 0 spiro atoms. The first kappa shape index (κ1) is 13.4. The van der Waals surface area contributed by atoms with Gasteiger partial charge in [-0.05, 0) is 38.5 Å². The lowest BCUT2D eigenvalue weighted by molar-refractivity contribution is -0.267. The lowest BCUT2D eigenvalue weighted by Crippen LogP contribution is -2.43. The largest absolute Gasteiger partial charge is 0.497 e. The van der Waals surface area contributed by atoms with E-state index in [-0.39, 0.29) is 18.0 Å². The zero-order valence-corrected chi connectivity index (χ0v) is 11.6. The summed E-state index contributed by atoms with van der Waals surface area (Å²) >= 11 is 0. The molecule has 1 heterocycles. The van der Waals surface area contributed by atoms with E-state index >= 15 is 0 Å². The van der Waals surface area contributed by atoms with Crippen LogP contribution in [0.4, 0.5) is 0 Å². The highest BCUT2D eigenvalue weighted by atomic mass is 16.7. The average Bonchev–Trinajstić information content (AvgIpc) is 2.27. The highest BCUT2D eigenvalue weighted by Gasteiger charge is 2.33. The molecule has 1 saturated heterocycles. The first-order chi connectivity index (χ1) is 8.48. The minimum absolute atomic E-state index is 0.102. The average molecular weight is 250 g/mol. The molecule has 2 unspecified atom stereocenters. The fraction of sp³-hybridized carbons (Fsp3) is 0.600. The van der Waals surface area contributed by atoms with E-state index in [1.54, 1.807) is 7.11 Å². The Balaban J connectivity index is 1.99. The van der Waals surface area contributed by atoms with Gasteiger partial charge in [-0.1, -0.05) is 12.1 Å². The predicted octanol–water partition coefficient (Wildman–Crippen LogP) is 3.17. The molecule has 100 valence electrons. The number of hydrogen-bond donors (Lipinski definition) is 0. The van der Waals surface area contributed by atoms with Gasteiger partial charge in [-0.3, -0.25) is 0 Å². The van der Waals surface area contributed by atoms with Gasteiger partial charge in [-0.15, -0.1) is 0 Å². The molecule has 0 radical (unpaired) electrons. The summed E-state index contributed by atoms with van der Waals surface area (Å²) in [5.41, 5.74) is 1.10. The monoisotopic (exact) mass is 250 g/mol. The lowest BCUT2D eigenvalue weighted by atomic mass is 9.99. The summed E-state index contributed by atoms with van der Waals surface area (Å²) in [4.78, 5) is 0. The van der Waals surface area contributed by atoms with Gasteiger partial charge in [-0.2, -0.15) is 0 Å². The van der Waals surface area contributed by atoms with E-state index in [0.29, 0.717) is 0 Å². The molecule has 2 atom stereocenters. The fourth-order valence-corrected chi connectivity index (χ4v) is 2.48. The van der Waals surface area contributed by atoms with Gasteiger partial charge in [0.15, 0.2) is 6.29 Å². The summed E-state index contributed by atoms with van der Waals surface area (Å²) in [7, 11) is 1.67. The number of benzene rings is 1. The molecule has 2 rings (SSSR count). The van der Waals surface area contributed by atoms with Crippen LogP contribution in [-0.2, 0) is 15.9 Å². The zero-order chi connectivity index (χ0) is 13.2. The van der Waals surface area contributed by atoms with Crippen LogP contribution in [0.3, 0.4) is 0 Å². The van der Waals surface area contributed by atoms with E-state index in [0.717, 1.165) is 18.6 Å². The van der Waals surface area contributed by atoms with Crippen LogP contribution in [0.25, 0.3) is 0 Å². The Morgan fingerprint density at radius 1 is 1.28 bits per heavy atom. The minimum atomic E-state index is -0.155. The van der Waals surface area contributed by atoms with Crippen LogP contribution in [0.15, 0.2) is 24.3 Å². The number of ether oxygens (including phenoxy) is 3. The number of rotatable bonds is 3. The minimum Gasteiger partial charge on any atom is -0.497 e. The summed E-state index contributed by atoms with van der Waals surface area (Å²) in [6, 6.07) is 8.04. The maximum Gasteiger partial charge on any atom is 0.162 e. The normalized spacial score (nSPS) is 26.9. The van der Waals surface area contributed by atoms with Gasteiger partial charge in [0.25, 0.3) is 0 Å². The zero-order valence-electron chi connectivity index (χ0n) is 11.6. The second kappa shape index (κ2) is 5.29. The summed E-state index contributed by atoms with van der Waals surface area (Å²) in [5.74, 6) is 0.873. The first-order valence-corrected chi connectivity index (χ1v) is 6.45. The van der Waals surface area contributed by atoms with Crippen LogP contribution in [0.5, 0.6) is 5.75 Å². The van der Waals surface area contributed by atoms with Crippen molar-refractivity contribution in [3.05, 3.63) is 29.8 Å². The topological polar surface area (TPSA) is 27.7 Å². The first-order valence-electron chi connectivity index (χ1n) is 6.45. The van der Waals surface area contributed by atoms with E-state index in [4.69, 9.17) is 14.2 Å². The maximum atomic E-state index is 5.95. The second-order valence-corrected chi connectivity index (χ2v) is 5.51. The molecule has 0 amide bonds. The van der Waals surface area contributed by atoms with E-state index in [2.05, 4.69) is 32.9 Å². The standard InChI is InChI=1S/C15H22O3/c1-11-10-15(2,3)18-14(17-11)9-12-5-7-13(16-4)8-6-12/h5-8,11,14H,9-10H2,1-4H3. The summed E-state index contributed by atoms with van der Waals surface area (Å²) in [6.07, 6.45) is 1.80. The van der Waals surface area contributed by atoms with Gasteiger partial charge in [0, 0.05) is 12.8 Å². The van der Waals surface area contributed by atoms with Crippen molar-refractivity contribution in [1.29, 1.82) is 0 Å². The van der Waals surface area contributed by atoms with Crippen molar-refractivity contribution >= 4 is 0 Å².